The van der Waals surface area contributed by atoms with Crippen LogP contribution < -0.4 is 15.8 Å². The van der Waals surface area contributed by atoms with Crippen LogP contribution >= 0.6 is 0 Å². The van der Waals surface area contributed by atoms with Crippen LogP contribution in [-0.4, -0.2) is 26.2 Å². The van der Waals surface area contributed by atoms with Crippen LogP contribution in [0.3, 0.4) is 0 Å². The summed E-state index contributed by atoms with van der Waals surface area (Å²) in [7, 11) is 1.67. The van der Waals surface area contributed by atoms with Crippen molar-refractivity contribution in [2.24, 2.45) is 5.73 Å². The largest absolute Gasteiger partial charge is 0.493 e. The van der Waals surface area contributed by atoms with Crippen LogP contribution in [0.15, 0.2) is 48.5 Å². The first kappa shape index (κ1) is 19.0. The fourth-order valence-electron chi connectivity index (χ4n) is 2.43. The van der Waals surface area contributed by atoms with Gasteiger partial charge in [0, 0.05) is 32.2 Å². The van der Waals surface area contributed by atoms with Crippen LogP contribution in [-0.2, 0) is 16.1 Å². The van der Waals surface area contributed by atoms with E-state index in [-0.39, 0.29) is 5.91 Å². The highest BCUT2D eigenvalue weighted by Gasteiger charge is 2.15. The summed E-state index contributed by atoms with van der Waals surface area (Å²) in [6.45, 7) is 3.61. The van der Waals surface area contributed by atoms with Crippen LogP contribution in [0.5, 0.6) is 5.75 Å². The highest BCUT2D eigenvalue weighted by Crippen LogP contribution is 2.21. The molecule has 2 aromatic rings. The third-order valence-electron chi connectivity index (χ3n) is 3.87. The van der Waals surface area contributed by atoms with Crippen LogP contribution in [0.1, 0.15) is 29.2 Å². The lowest BCUT2D eigenvalue weighted by atomic mass is 10.1. The van der Waals surface area contributed by atoms with Crippen molar-refractivity contribution < 1.29 is 14.3 Å². The number of hydrogen-bond donors (Lipinski definition) is 2. The number of carbonyl (C=O) groups is 1. The predicted octanol–water partition coefficient (Wildman–Crippen LogP) is 2.73. The molecule has 5 heteroatoms. The molecule has 3 N–H and O–H groups in total. The van der Waals surface area contributed by atoms with Crippen molar-refractivity contribution in [2.75, 3.05) is 20.3 Å². The van der Waals surface area contributed by atoms with Crippen molar-refractivity contribution in [1.82, 2.24) is 5.32 Å². The molecular formula is C20H26N2O3. The Morgan fingerprint density at radius 2 is 1.92 bits per heavy atom. The first-order valence-corrected chi connectivity index (χ1v) is 8.41. The van der Waals surface area contributed by atoms with Crippen LogP contribution in [0, 0.1) is 6.92 Å². The monoisotopic (exact) mass is 342 g/mol. The van der Waals surface area contributed by atoms with Crippen molar-refractivity contribution in [3.63, 3.8) is 0 Å². The SMILES string of the molecule is COCCCOc1cc(C)ccc1CNC(=O)C(N)c1ccccc1. The van der Waals surface area contributed by atoms with E-state index in [2.05, 4.69) is 5.32 Å². The summed E-state index contributed by atoms with van der Waals surface area (Å²) in [5, 5.41) is 2.89. The van der Waals surface area contributed by atoms with E-state index in [4.69, 9.17) is 15.2 Å². The molecule has 0 aromatic heterocycles. The molecule has 0 spiro atoms. The molecule has 0 aliphatic rings. The van der Waals surface area contributed by atoms with Gasteiger partial charge in [0.05, 0.1) is 6.61 Å². The molecular weight excluding hydrogens is 316 g/mol. The zero-order chi connectivity index (χ0) is 18.1. The molecule has 134 valence electrons. The van der Waals surface area contributed by atoms with Crippen molar-refractivity contribution in [2.45, 2.75) is 25.9 Å². The fourth-order valence-corrected chi connectivity index (χ4v) is 2.43. The zero-order valence-corrected chi connectivity index (χ0v) is 14.8. The lowest BCUT2D eigenvalue weighted by Gasteiger charge is -2.15. The highest BCUT2D eigenvalue weighted by atomic mass is 16.5. The maximum atomic E-state index is 12.3. The van der Waals surface area contributed by atoms with Gasteiger partial charge in [0.2, 0.25) is 5.91 Å². The van der Waals surface area contributed by atoms with E-state index in [1.54, 1.807) is 7.11 Å². The normalized spacial score (nSPS) is 11.8. The molecule has 1 unspecified atom stereocenters. The minimum atomic E-state index is -0.683. The van der Waals surface area contributed by atoms with Gasteiger partial charge in [-0.2, -0.15) is 0 Å². The molecule has 0 heterocycles. The van der Waals surface area contributed by atoms with E-state index >= 15 is 0 Å². The van der Waals surface area contributed by atoms with Gasteiger partial charge in [-0.25, -0.2) is 0 Å². The Morgan fingerprint density at radius 3 is 2.64 bits per heavy atom. The summed E-state index contributed by atoms with van der Waals surface area (Å²) in [5.74, 6) is 0.571. The maximum absolute atomic E-state index is 12.3. The minimum absolute atomic E-state index is 0.211. The second-order valence-corrected chi connectivity index (χ2v) is 5.91. The summed E-state index contributed by atoms with van der Waals surface area (Å²) in [6, 6.07) is 14.6. The van der Waals surface area contributed by atoms with Crippen molar-refractivity contribution >= 4 is 5.91 Å². The second kappa shape index (κ2) is 9.81. The molecule has 5 nitrogen and oxygen atoms in total. The van der Waals surface area contributed by atoms with Crippen molar-refractivity contribution in [1.29, 1.82) is 0 Å². The van der Waals surface area contributed by atoms with Crippen molar-refractivity contribution in [3.05, 3.63) is 65.2 Å². The molecule has 2 rings (SSSR count). The van der Waals surface area contributed by atoms with E-state index in [0.29, 0.717) is 19.8 Å². The van der Waals surface area contributed by atoms with E-state index in [9.17, 15) is 4.79 Å². The molecule has 25 heavy (non-hydrogen) atoms. The van der Waals surface area contributed by atoms with Gasteiger partial charge in [0.25, 0.3) is 0 Å². The average molecular weight is 342 g/mol. The quantitative estimate of drug-likeness (QED) is 0.687. The third kappa shape index (κ3) is 5.89. The molecule has 0 radical (unpaired) electrons. The highest BCUT2D eigenvalue weighted by molar-refractivity contribution is 5.82. The summed E-state index contributed by atoms with van der Waals surface area (Å²) < 4.78 is 10.9. The summed E-state index contributed by atoms with van der Waals surface area (Å²) in [6.07, 6.45) is 0.815. The number of nitrogens with two attached hydrogens (primary N) is 1. The number of methoxy groups -OCH3 is 1. The molecule has 0 fully saturated rings. The Morgan fingerprint density at radius 1 is 1.16 bits per heavy atom. The number of hydrogen-bond acceptors (Lipinski definition) is 4. The fraction of sp³-hybridized carbons (Fsp3) is 0.350. The molecule has 0 aliphatic heterocycles. The molecule has 0 saturated heterocycles. The number of nitrogens with one attached hydrogen (secondary N) is 1. The van der Waals surface area contributed by atoms with Gasteiger partial charge in [-0.05, 0) is 24.1 Å². The van der Waals surface area contributed by atoms with Gasteiger partial charge in [-0.3, -0.25) is 4.79 Å². The molecule has 0 bridgehead atoms. The van der Waals surface area contributed by atoms with Crippen LogP contribution in [0.25, 0.3) is 0 Å². The van der Waals surface area contributed by atoms with Crippen LogP contribution in [0.2, 0.25) is 0 Å². The smallest absolute Gasteiger partial charge is 0.241 e. The number of carbonyl (C=O) groups excluding carboxylic acids is 1. The average Bonchev–Trinajstić information content (AvgIpc) is 2.64. The lowest BCUT2D eigenvalue weighted by molar-refractivity contribution is -0.122. The predicted molar refractivity (Wildman–Crippen MR) is 98.4 cm³/mol. The Balaban J connectivity index is 1.96. The number of rotatable bonds is 9. The van der Waals surface area contributed by atoms with Crippen LogP contribution in [0.4, 0.5) is 0 Å². The first-order chi connectivity index (χ1) is 12.1. The second-order valence-electron chi connectivity index (χ2n) is 5.91. The van der Waals surface area contributed by atoms with E-state index < -0.39 is 6.04 Å². The molecule has 1 amide bonds. The van der Waals surface area contributed by atoms with Gasteiger partial charge in [0.15, 0.2) is 0 Å². The Bertz CT molecular complexity index is 674. The van der Waals surface area contributed by atoms with Gasteiger partial charge < -0.3 is 20.5 Å². The zero-order valence-electron chi connectivity index (χ0n) is 14.8. The Kier molecular flexibility index (Phi) is 7.44. The first-order valence-electron chi connectivity index (χ1n) is 8.41. The number of amides is 1. The van der Waals surface area contributed by atoms with Crippen molar-refractivity contribution in [3.8, 4) is 5.75 Å². The summed E-state index contributed by atoms with van der Waals surface area (Å²) in [5.41, 5.74) is 8.85. The Hall–Kier alpha value is -2.37. The number of aryl methyl sites for hydroxylation is 1. The summed E-state index contributed by atoms with van der Waals surface area (Å²) in [4.78, 5) is 12.3. The third-order valence-corrected chi connectivity index (χ3v) is 3.87. The lowest BCUT2D eigenvalue weighted by Crippen LogP contribution is -2.33. The number of benzene rings is 2. The van der Waals surface area contributed by atoms with Gasteiger partial charge in [0.1, 0.15) is 11.8 Å². The topological polar surface area (TPSA) is 73.6 Å². The van der Waals surface area contributed by atoms with Gasteiger partial charge >= 0.3 is 0 Å². The summed E-state index contributed by atoms with van der Waals surface area (Å²) >= 11 is 0. The maximum Gasteiger partial charge on any atom is 0.241 e. The molecule has 0 saturated carbocycles. The molecule has 1 atom stereocenters. The van der Waals surface area contributed by atoms with E-state index in [0.717, 1.165) is 28.9 Å². The molecule has 2 aromatic carbocycles. The van der Waals surface area contributed by atoms with Gasteiger partial charge in [-0.1, -0.05) is 42.5 Å². The van der Waals surface area contributed by atoms with E-state index in [1.165, 1.54) is 0 Å². The standard InChI is InChI=1S/C20H26N2O3/c1-15-9-10-17(18(13-15)25-12-6-11-24-2)14-22-20(23)19(21)16-7-4-3-5-8-16/h3-5,7-10,13,19H,6,11-12,14,21H2,1-2H3,(H,22,23). The Labute approximate surface area is 149 Å². The number of ether oxygens (including phenoxy) is 2. The molecule has 0 aliphatic carbocycles. The minimum Gasteiger partial charge on any atom is -0.493 e. The van der Waals surface area contributed by atoms with Gasteiger partial charge in [-0.15, -0.1) is 0 Å². The van der Waals surface area contributed by atoms with E-state index in [1.807, 2.05) is 55.5 Å².